The zero-order valence-corrected chi connectivity index (χ0v) is 16.4. The Kier molecular flexibility index (Phi) is 6.91. The molecule has 0 spiro atoms. The average Bonchev–Trinajstić information content (AvgIpc) is 3.17. The van der Waals surface area contributed by atoms with Crippen LogP contribution in [0.5, 0.6) is 5.75 Å². The highest BCUT2D eigenvalue weighted by atomic mass is 35.5. The number of benzene rings is 1. The number of piperazine rings is 1. The topological polar surface area (TPSA) is 44.8 Å². The number of carbonyl (C=O) groups is 1. The Balaban J connectivity index is 1.52. The van der Waals surface area contributed by atoms with Gasteiger partial charge in [0.25, 0.3) is 5.91 Å². The van der Waals surface area contributed by atoms with Gasteiger partial charge in [-0.1, -0.05) is 17.7 Å². The van der Waals surface area contributed by atoms with Gasteiger partial charge in [-0.2, -0.15) is 0 Å². The Hall–Kier alpha value is -1.60. The van der Waals surface area contributed by atoms with Crippen molar-refractivity contribution in [3.63, 3.8) is 0 Å². The van der Waals surface area contributed by atoms with Gasteiger partial charge in [-0.3, -0.25) is 9.69 Å². The summed E-state index contributed by atoms with van der Waals surface area (Å²) in [6.45, 7) is 4.71. The van der Waals surface area contributed by atoms with Gasteiger partial charge in [0.2, 0.25) is 0 Å². The van der Waals surface area contributed by atoms with Crippen molar-refractivity contribution >= 4 is 28.8 Å². The number of thiophene rings is 1. The van der Waals surface area contributed by atoms with Crippen LogP contribution in [0, 0.1) is 0 Å². The summed E-state index contributed by atoms with van der Waals surface area (Å²) in [6.07, 6.45) is 0. The number of nitrogens with one attached hydrogen (secondary N) is 1. The maximum Gasteiger partial charge on any atom is 0.258 e. The first kappa shape index (κ1) is 19.2. The minimum absolute atomic E-state index is 0.00152. The quantitative estimate of drug-likeness (QED) is 0.785. The number of hydrogen-bond acceptors (Lipinski definition) is 5. The van der Waals surface area contributed by atoms with E-state index in [1.165, 1.54) is 4.88 Å². The third-order valence-electron chi connectivity index (χ3n) is 4.53. The molecule has 1 atom stereocenters. The Labute approximate surface area is 163 Å². The van der Waals surface area contributed by atoms with Crippen molar-refractivity contribution in [2.24, 2.45) is 0 Å². The van der Waals surface area contributed by atoms with Crippen molar-refractivity contribution in [1.29, 1.82) is 0 Å². The van der Waals surface area contributed by atoms with E-state index in [9.17, 15) is 4.79 Å². The lowest BCUT2D eigenvalue weighted by atomic mass is 10.1. The number of nitrogens with zero attached hydrogens (tertiary/aromatic N) is 2. The number of rotatable bonds is 7. The SMILES string of the molecule is CN1CCN(C(CNC(=O)COc2ccc(Cl)cc2)c2cccs2)CC1. The van der Waals surface area contributed by atoms with Crippen LogP contribution >= 0.6 is 22.9 Å². The fourth-order valence-electron chi connectivity index (χ4n) is 2.97. The van der Waals surface area contributed by atoms with E-state index in [1.807, 2.05) is 0 Å². The Morgan fingerprint density at radius 1 is 1.23 bits per heavy atom. The second-order valence-electron chi connectivity index (χ2n) is 6.42. The van der Waals surface area contributed by atoms with E-state index in [0.717, 1.165) is 26.2 Å². The summed E-state index contributed by atoms with van der Waals surface area (Å²) in [5.74, 6) is 0.522. The molecule has 2 heterocycles. The molecule has 1 fully saturated rings. The number of ether oxygens (including phenoxy) is 1. The van der Waals surface area contributed by atoms with Crippen LogP contribution in [0.1, 0.15) is 10.9 Å². The highest BCUT2D eigenvalue weighted by Gasteiger charge is 2.25. The summed E-state index contributed by atoms with van der Waals surface area (Å²) in [6, 6.07) is 11.4. The minimum atomic E-state index is -0.115. The molecule has 140 valence electrons. The third kappa shape index (κ3) is 5.45. The molecule has 0 radical (unpaired) electrons. The molecule has 1 aromatic carbocycles. The average molecular weight is 394 g/mol. The summed E-state index contributed by atoms with van der Waals surface area (Å²) < 4.78 is 5.52. The number of halogens is 1. The summed E-state index contributed by atoms with van der Waals surface area (Å²) in [7, 11) is 2.15. The first-order valence-electron chi connectivity index (χ1n) is 8.73. The van der Waals surface area contributed by atoms with Crippen molar-refractivity contribution in [3.8, 4) is 5.75 Å². The van der Waals surface area contributed by atoms with Crippen LogP contribution in [0.15, 0.2) is 41.8 Å². The first-order chi connectivity index (χ1) is 12.6. The van der Waals surface area contributed by atoms with Crippen molar-refractivity contribution in [2.75, 3.05) is 46.4 Å². The smallest absolute Gasteiger partial charge is 0.258 e. The predicted molar refractivity (Wildman–Crippen MR) is 106 cm³/mol. The van der Waals surface area contributed by atoms with E-state index in [4.69, 9.17) is 16.3 Å². The van der Waals surface area contributed by atoms with Gasteiger partial charge in [0.1, 0.15) is 5.75 Å². The van der Waals surface area contributed by atoms with Gasteiger partial charge in [-0.05, 0) is 42.8 Å². The van der Waals surface area contributed by atoms with E-state index in [2.05, 4.69) is 39.7 Å². The van der Waals surface area contributed by atoms with Gasteiger partial charge in [0.15, 0.2) is 6.61 Å². The van der Waals surface area contributed by atoms with Crippen molar-refractivity contribution in [1.82, 2.24) is 15.1 Å². The van der Waals surface area contributed by atoms with Gasteiger partial charge in [0.05, 0.1) is 6.04 Å². The monoisotopic (exact) mass is 393 g/mol. The lowest BCUT2D eigenvalue weighted by Crippen LogP contribution is -2.48. The zero-order valence-electron chi connectivity index (χ0n) is 14.9. The maximum absolute atomic E-state index is 12.2. The third-order valence-corrected chi connectivity index (χ3v) is 5.75. The van der Waals surface area contributed by atoms with E-state index in [1.54, 1.807) is 35.6 Å². The lowest BCUT2D eigenvalue weighted by Gasteiger charge is -2.37. The maximum atomic E-state index is 12.2. The molecule has 0 saturated carbocycles. The molecule has 0 bridgehead atoms. The van der Waals surface area contributed by atoms with Crippen LogP contribution in [-0.4, -0.2) is 62.1 Å². The Bertz CT molecular complexity index is 685. The molecule has 1 unspecified atom stereocenters. The van der Waals surface area contributed by atoms with Crippen molar-refractivity contribution < 1.29 is 9.53 Å². The van der Waals surface area contributed by atoms with E-state index < -0.39 is 0 Å². The number of hydrogen-bond donors (Lipinski definition) is 1. The molecular weight excluding hydrogens is 370 g/mol. The van der Waals surface area contributed by atoms with Crippen LogP contribution in [-0.2, 0) is 4.79 Å². The van der Waals surface area contributed by atoms with Gasteiger partial charge in [-0.25, -0.2) is 0 Å². The zero-order chi connectivity index (χ0) is 18.4. The standard InChI is InChI=1S/C19H24ClN3O2S/c1-22-8-10-23(11-9-22)17(18-3-2-12-26-18)13-21-19(24)14-25-16-6-4-15(20)5-7-16/h2-7,12,17H,8-11,13-14H2,1H3,(H,21,24). The Morgan fingerprint density at radius 2 is 1.96 bits per heavy atom. The predicted octanol–water partition coefficient (Wildman–Crippen LogP) is 2.89. The van der Waals surface area contributed by atoms with Crippen LogP contribution < -0.4 is 10.1 Å². The molecule has 1 aliphatic heterocycles. The molecule has 7 heteroatoms. The highest BCUT2D eigenvalue weighted by molar-refractivity contribution is 7.10. The highest BCUT2D eigenvalue weighted by Crippen LogP contribution is 2.25. The molecular formula is C19H24ClN3O2S. The summed E-state index contributed by atoms with van der Waals surface area (Å²) in [4.78, 5) is 18.3. The number of carbonyl (C=O) groups excluding carboxylic acids is 1. The van der Waals surface area contributed by atoms with Crippen LogP contribution in [0.25, 0.3) is 0 Å². The van der Waals surface area contributed by atoms with Gasteiger partial charge in [0, 0.05) is 42.6 Å². The lowest BCUT2D eigenvalue weighted by molar-refractivity contribution is -0.123. The van der Waals surface area contributed by atoms with Gasteiger partial charge < -0.3 is 15.0 Å². The summed E-state index contributed by atoms with van der Waals surface area (Å²) >= 11 is 7.59. The fourth-order valence-corrected chi connectivity index (χ4v) is 3.95. The largest absolute Gasteiger partial charge is 0.484 e. The molecule has 2 aromatic rings. The fraction of sp³-hybridized carbons (Fsp3) is 0.421. The molecule has 1 N–H and O–H groups in total. The molecule has 0 aliphatic carbocycles. The Morgan fingerprint density at radius 3 is 2.62 bits per heavy atom. The van der Waals surface area contributed by atoms with Crippen molar-refractivity contribution in [2.45, 2.75) is 6.04 Å². The van der Waals surface area contributed by atoms with Crippen LogP contribution in [0.2, 0.25) is 5.02 Å². The van der Waals surface area contributed by atoms with E-state index in [-0.39, 0.29) is 18.6 Å². The minimum Gasteiger partial charge on any atom is -0.484 e. The molecule has 1 aromatic heterocycles. The van der Waals surface area contributed by atoms with Crippen LogP contribution in [0.4, 0.5) is 0 Å². The van der Waals surface area contributed by atoms with Crippen molar-refractivity contribution in [3.05, 3.63) is 51.7 Å². The van der Waals surface area contributed by atoms with Crippen LogP contribution in [0.3, 0.4) is 0 Å². The molecule has 3 rings (SSSR count). The normalized spacial score (nSPS) is 17.0. The molecule has 1 amide bonds. The summed E-state index contributed by atoms with van der Waals surface area (Å²) in [5, 5.41) is 5.76. The van der Waals surface area contributed by atoms with E-state index >= 15 is 0 Å². The van der Waals surface area contributed by atoms with Gasteiger partial charge in [-0.15, -0.1) is 11.3 Å². The summed E-state index contributed by atoms with van der Waals surface area (Å²) in [5.41, 5.74) is 0. The number of likely N-dealkylation sites (N-methyl/N-ethyl adjacent to an activating group) is 1. The first-order valence-corrected chi connectivity index (χ1v) is 9.98. The second kappa shape index (κ2) is 9.37. The molecule has 5 nitrogen and oxygen atoms in total. The van der Waals surface area contributed by atoms with E-state index in [0.29, 0.717) is 17.3 Å². The number of amides is 1. The molecule has 1 aliphatic rings. The molecule has 1 saturated heterocycles. The van der Waals surface area contributed by atoms with Gasteiger partial charge >= 0.3 is 0 Å². The molecule has 26 heavy (non-hydrogen) atoms. The second-order valence-corrected chi connectivity index (χ2v) is 7.83.